The van der Waals surface area contributed by atoms with E-state index in [1.54, 1.807) is 6.20 Å². The molecule has 5 nitrogen and oxygen atoms in total. The maximum atomic E-state index is 5.96. The molecular formula is C13H13N5. The first kappa shape index (κ1) is 10.7. The third-order valence-electron chi connectivity index (χ3n) is 2.90. The number of rotatable bonds is 2. The van der Waals surface area contributed by atoms with Crippen molar-refractivity contribution < 1.29 is 0 Å². The average molecular weight is 239 g/mol. The molecular weight excluding hydrogens is 226 g/mol. The minimum absolute atomic E-state index is 0.509. The first-order valence-electron chi connectivity index (χ1n) is 5.71. The van der Waals surface area contributed by atoms with Crippen LogP contribution in [0.3, 0.4) is 0 Å². The van der Waals surface area contributed by atoms with E-state index in [0.717, 1.165) is 16.7 Å². The van der Waals surface area contributed by atoms with E-state index in [1.807, 2.05) is 22.8 Å². The summed E-state index contributed by atoms with van der Waals surface area (Å²) in [6.07, 6.45) is 3.26. The number of nitrogens with zero attached hydrogens (tertiary/aromatic N) is 4. The molecule has 0 amide bonds. The van der Waals surface area contributed by atoms with Crippen LogP contribution in [0.15, 0.2) is 36.8 Å². The smallest absolute Gasteiger partial charge is 0.201 e. The second-order valence-corrected chi connectivity index (χ2v) is 4.25. The molecule has 1 aromatic carbocycles. The molecule has 90 valence electrons. The van der Waals surface area contributed by atoms with Gasteiger partial charge in [-0.2, -0.15) is 0 Å². The number of aromatic nitrogens is 4. The molecule has 0 radical (unpaired) electrons. The highest BCUT2D eigenvalue weighted by Gasteiger charge is 2.08. The molecule has 2 aromatic heterocycles. The summed E-state index contributed by atoms with van der Waals surface area (Å²) < 4.78 is 1.96. The van der Waals surface area contributed by atoms with Crippen molar-refractivity contribution >= 4 is 17.0 Å². The monoisotopic (exact) mass is 239 g/mol. The maximum absolute atomic E-state index is 5.96. The zero-order chi connectivity index (χ0) is 12.5. The molecule has 0 aliphatic rings. The van der Waals surface area contributed by atoms with Gasteiger partial charge >= 0.3 is 0 Å². The maximum Gasteiger partial charge on any atom is 0.201 e. The molecule has 0 aliphatic carbocycles. The zero-order valence-corrected chi connectivity index (χ0v) is 10.0. The van der Waals surface area contributed by atoms with Crippen molar-refractivity contribution in [2.75, 3.05) is 5.73 Å². The number of imidazole rings is 1. The van der Waals surface area contributed by atoms with Gasteiger partial charge in [-0.25, -0.2) is 15.0 Å². The Hall–Kier alpha value is -2.43. The lowest BCUT2D eigenvalue weighted by molar-refractivity contribution is 0.803. The predicted octanol–water partition coefficient (Wildman–Crippen LogP) is 1.77. The van der Waals surface area contributed by atoms with Crippen molar-refractivity contribution in [3.63, 3.8) is 0 Å². The second-order valence-electron chi connectivity index (χ2n) is 4.25. The Bertz CT molecular complexity index is 687. The van der Waals surface area contributed by atoms with Crippen LogP contribution in [0, 0.1) is 6.92 Å². The van der Waals surface area contributed by atoms with Gasteiger partial charge in [-0.1, -0.05) is 6.07 Å². The average Bonchev–Trinajstić information content (AvgIpc) is 2.67. The standard InChI is InChI=1S/C13H13N5/c1-9-2-3-11-12(6-9)18(13(14)17-11)7-10-4-5-15-8-16-10/h2-6,8H,7H2,1H3,(H2,14,17). The van der Waals surface area contributed by atoms with Crippen molar-refractivity contribution in [3.05, 3.63) is 48.0 Å². The van der Waals surface area contributed by atoms with Gasteiger partial charge < -0.3 is 10.3 Å². The Labute approximate surface area is 104 Å². The van der Waals surface area contributed by atoms with Crippen LogP contribution in [0.2, 0.25) is 0 Å². The number of aryl methyl sites for hydroxylation is 1. The van der Waals surface area contributed by atoms with Gasteiger partial charge in [-0.05, 0) is 30.7 Å². The zero-order valence-electron chi connectivity index (χ0n) is 10.0. The fourth-order valence-electron chi connectivity index (χ4n) is 1.99. The molecule has 0 atom stereocenters. The van der Waals surface area contributed by atoms with E-state index in [0.29, 0.717) is 12.5 Å². The molecule has 0 unspecified atom stereocenters. The first-order chi connectivity index (χ1) is 8.74. The summed E-state index contributed by atoms with van der Waals surface area (Å²) in [5, 5.41) is 0. The summed E-state index contributed by atoms with van der Waals surface area (Å²) >= 11 is 0. The molecule has 2 N–H and O–H groups in total. The topological polar surface area (TPSA) is 69.6 Å². The number of nitrogen functional groups attached to an aromatic ring is 1. The van der Waals surface area contributed by atoms with Crippen LogP contribution >= 0.6 is 0 Å². The van der Waals surface area contributed by atoms with Crippen LogP contribution in [-0.2, 0) is 6.54 Å². The van der Waals surface area contributed by atoms with E-state index in [2.05, 4.69) is 27.9 Å². The summed E-state index contributed by atoms with van der Waals surface area (Å²) in [4.78, 5) is 12.5. The van der Waals surface area contributed by atoms with Crippen LogP contribution in [0.25, 0.3) is 11.0 Å². The van der Waals surface area contributed by atoms with Gasteiger partial charge in [0, 0.05) is 6.20 Å². The van der Waals surface area contributed by atoms with E-state index in [-0.39, 0.29) is 0 Å². The van der Waals surface area contributed by atoms with Crippen molar-refractivity contribution in [3.8, 4) is 0 Å². The van der Waals surface area contributed by atoms with Crippen LogP contribution in [-0.4, -0.2) is 19.5 Å². The van der Waals surface area contributed by atoms with Crippen molar-refractivity contribution in [2.24, 2.45) is 0 Å². The highest BCUT2D eigenvalue weighted by atomic mass is 15.2. The number of nitrogens with two attached hydrogens (primary N) is 1. The summed E-state index contributed by atoms with van der Waals surface area (Å²) in [5.41, 5.74) is 10.0. The molecule has 0 saturated heterocycles. The van der Waals surface area contributed by atoms with Gasteiger partial charge in [0.2, 0.25) is 5.95 Å². The molecule has 5 heteroatoms. The van der Waals surface area contributed by atoms with E-state index in [9.17, 15) is 0 Å². The third kappa shape index (κ3) is 1.79. The molecule has 0 bridgehead atoms. The highest BCUT2D eigenvalue weighted by Crippen LogP contribution is 2.20. The highest BCUT2D eigenvalue weighted by molar-refractivity contribution is 5.79. The SMILES string of the molecule is Cc1ccc2nc(N)n(Cc3ccncn3)c2c1. The molecule has 3 rings (SSSR count). The normalized spacial score (nSPS) is 10.9. The molecule has 2 heterocycles. The fourth-order valence-corrected chi connectivity index (χ4v) is 1.99. The quantitative estimate of drug-likeness (QED) is 0.739. The lowest BCUT2D eigenvalue weighted by atomic mass is 10.2. The predicted molar refractivity (Wildman–Crippen MR) is 70.0 cm³/mol. The van der Waals surface area contributed by atoms with E-state index >= 15 is 0 Å². The van der Waals surface area contributed by atoms with Crippen molar-refractivity contribution in [1.29, 1.82) is 0 Å². The number of fused-ring (bicyclic) bond motifs is 1. The molecule has 0 spiro atoms. The lowest BCUT2D eigenvalue weighted by Crippen LogP contribution is -2.06. The second kappa shape index (κ2) is 4.10. The van der Waals surface area contributed by atoms with Crippen LogP contribution in [0.1, 0.15) is 11.3 Å². The first-order valence-corrected chi connectivity index (χ1v) is 5.71. The molecule has 0 fully saturated rings. The lowest BCUT2D eigenvalue weighted by Gasteiger charge is -2.05. The van der Waals surface area contributed by atoms with Gasteiger partial charge in [0.1, 0.15) is 6.33 Å². The number of hydrogen-bond donors (Lipinski definition) is 1. The van der Waals surface area contributed by atoms with Crippen LogP contribution in [0.5, 0.6) is 0 Å². The Kier molecular flexibility index (Phi) is 2.44. The van der Waals surface area contributed by atoms with Gasteiger partial charge in [0.15, 0.2) is 0 Å². The molecule has 18 heavy (non-hydrogen) atoms. The van der Waals surface area contributed by atoms with Crippen LogP contribution < -0.4 is 5.73 Å². The van der Waals surface area contributed by atoms with E-state index < -0.39 is 0 Å². The molecule has 0 aliphatic heterocycles. The Morgan fingerprint density at radius 1 is 1.28 bits per heavy atom. The molecule has 0 saturated carbocycles. The molecule has 3 aromatic rings. The Morgan fingerprint density at radius 3 is 2.94 bits per heavy atom. The summed E-state index contributed by atoms with van der Waals surface area (Å²) in [7, 11) is 0. The fraction of sp³-hybridized carbons (Fsp3) is 0.154. The number of benzene rings is 1. The summed E-state index contributed by atoms with van der Waals surface area (Å²) in [5.74, 6) is 0.509. The minimum Gasteiger partial charge on any atom is -0.369 e. The van der Waals surface area contributed by atoms with Crippen LogP contribution in [0.4, 0.5) is 5.95 Å². The van der Waals surface area contributed by atoms with Gasteiger partial charge in [-0.15, -0.1) is 0 Å². The summed E-state index contributed by atoms with van der Waals surface area (Å²) in [6.45, 7) is 2.66. The van der Waals surface area contributed by atoms with E-state index in [4.69, 9.17) is 5.73 Å². The number of anilines is 1. The minimum atomic E-state index is 0.509. The van der Waals surface area contributed by atoms with Gasteiger partial charge in [-0.3, -0.25) is 0 Å². The van der Waals surface area contributed by atoms with Gasteiger partial charge in [0.05, 0.1) is 23.3 Å². The van der Waals surface area contributed by atoms with Gasteiger partial charge in [0.25, 0.3) is 0 Å². The largest absolute Gasteiger partial charge is 0.369 e. The Balaban J connectivity index is 2.11. The third-order valence-corrected chi connectivity index (χ3v) is 2.90. The van der Waals surface area contributed by atoms with Crippen molar-refractivity contribution in [1.82, 2.24) is 19.5 Å². The van der Waals surface area contributed by atoms with Crippen molar-refractivity contribution in [2.45, 2.75) is 13.5 Å². The Morgan fingerprint density at radius 2 is 2.17 bits per heavy atom. The number of hydrogen-bond acceptors (Lipinski definition) is 4. The van der Waals surface area contributed by atoms with E-state index in [1.165, 1.54) is 11.9 Å². The summed E-state index contributed by atoms with van der Waals surface area (Å²) in [6, 6.07) is 7.97.